The van der Waals surface area contributed by atoms with Crippen LogP contribution in [0.1, 0.15) is 42.3 Å². The van der Waals surface area contributed by atoms with E-state index in [1.807, 2.05) is 32.0 Å². The Bertz CT molecular complexity index is 388. The van der Waals surface area contributed by atoms with E-state index in [2.05, 4.69) is 26.1 Å². The van der Waals surface area contributed by atoms with Crippen LogP contribution in [0.2, 0.25) is 0 Å². The summed E-state index contributed by atoms with van der Waals surface area (Å²) < 4.78 is 0. The first kappa shape index (κ1) is 12.8. The lowest BCUT2D eigenvalue weighted by Crippen LogP contribution is -2.32. The van der Waals surface area contributed by atoms with Crippen molar-refractivity contribution < 1.29 is 4.79 Å². The molecule has 16 heavy (non-hydrogen) atoms. The third-order valence-corrected chi connectivity index (χ3v) is 2.41. The smallest absolute Gasteiger partial charge is 0.251 e. The average Bonchev–Trinajstić information content (AvgIpc) is 2.13. The summed E-state index contributed by atoms with van der Waals surface area (Å²) in [7, 11) is 0. The van der Waals surface area contributed by atoms with Crippen LogP contribution in [-0.4, -0.2) is 12.5 Å². The van der Waals surface area contributed by atoms with Crippen LogP contribution >= 0.6 is 0 Å². The van der Waals surface area contributed by atoms with Gasteiger partial charge in [-0.05, 0) is 30.9 Å². The van der Waals surface area contributed by atoms with Gasteiger partial charge < -0.3 is 5.32 Å². The normalized spacial score (nSPS) is 11.3. The van der Waals surface area contributed by atoms with Gasteiger partial charge in [-0.15, -0.1) is 0 Å². The molecule has 0 aliphatic rings. The van der Waals surface area contributed by atoms with E-state index < -0.39 is 0 Å². The highest BCUT2D eigenvalue weighted by atomic mass is 16.1. The summed E-state index contributed by atoms with van der Waals surface area (Å²) in [4.78, 5) is 11.9. The van der Waals surface area contributed by atoms with Crippen molar-refractivity contribution in [1.29, 1.82) is 0 Å². The Labute approximate surface area is 98.1 Å². The second-order valence-corrected chi connectivity index (χ2v) is 5.56. The fourth-order valence-electron chi connectivity index (χ4n) is 1.51. The zero-order valence-electron chi connectivity index (χ0n) is 10.8. The summed E-state index contributed by atoms with van der Waals surface area (Å²) in [6.07, 6.45) is 0. The maximum absolute atomic E-state index is 11.9. The molecule has 0 fully saturated rings. The lowest BCUT2D eigenvalue weighted by Gasteiger charge is -2.19. The molecule has 1 aromatic carbocycles. The molecule has 0 saturated heterocycles. The highest BCUT2D eigenvalue weighted by molar-refractivity contribution is 5.95. The molecule has 0 bridgehead atoms. The lowest BCUT2D eigenvalue weighted by molar-refractivity contribution is 0.0938. The van der Waals surface area contributed by atoms with Gasteiger partial charge in [-0.25, -0.2) is 0 Å². The first-order chi connectivity index (χ1) is 7.29. The number of hydrogen-bond donors (Lipinski definition) is 1. The van der Waals surface area contributed by atoms with Crippen LogP contribution in [-0.2, 0) is 0 Å². The number of carbonyl (C=O) groups excluding carboxylic acids is 1. The first-order valence-corrected chi connectivity index (χ1v) is 5.65. The largest absolute Gasteiger partial charge is 0.352 e. The van der Waals surface area contributed by atoms with E-state index in [1.54, 1.807) is 0 Å². The fraction of sp³-hybridized carbons (Fsp3) is 0.500. The SMILES string of the molecule is Cc1ccc(C(=O)NCC(C)(C)C)c(C)c1. The monoisotopic (exact) mass is 219 g/mol. The number of benzene rings is 1. The van der Waals surface area contributed by atoms with Crippen molar-refractivity contribution in [3.63, 3.8) is 0 Å². The number of carbonyl (C=O) groups is 1. The molecule has 0 saturated carbocycles. The van der Waals surface area contributed by atoms with Gasteiger partial charge in [-0.1, -0.05) is 38.5 Å². The number of amides is 1. The zero-order chi connectivity index (χ0) is 12.3. The van der Waals surface area contributed by atoms with Crippen molar-refractivity contribution in [2.24, 2.45) is 5.41 Å². The van der Waals surface area contributed by atoms with E-state index >= 15 is 0 Å². The van der Waals surface area contributed by atoms with E-state index in [0.717, 1.165) is 11.1 Å². The molecule has 1 rings (SSSR count). The second kappa shape index (κ2) is 4.69. The van der Waals surface area contributed by atoms with Crippen LogP contribution in [0.4, 0.5) is 0 Å². The van der Waals surface area contributed by atoms with Gasteiger partial charge in [0.1, 0.15) is 0 Å². The van der Waals surface area contributed by atoms with Crippen LogP contribution < -0.4 is 5.32 Å². The van der Waals surface area contributed by atoms with Crippen molar-refractivity contribution >= 4 is 5.91 Å². The molecule has 0 atom stereocenters. The summed E-state index contributed by atoms with van der Waals surface area (Å²) >= 11 is 0. The van der Waals surface area contributed by atoms with E-state index in [9.17, 15) is 4.79 Å². The Morgan fingerprint density at radius 1 is 1.25 bits per heavy atom. The number of nitrogens with one attached hydrogen (secondary N) is 1. The van der Waals surface area contributed by atoms with Gasteiger partial charge in [0.2, 0.25) is 0 Å². The van der Waals surface area contributed by atoms with Crippen molar-refractivity contribution in [3.8, 4) is 0 Å². The molecule has 0 heterocycles. The Hall–Kier alpha value is -1.31. The van der Waals surface area contributed by atoms with Crippen molar-refractivity contribution in [2.45, 2.75) is 34.6 Å². The molecule has 1 aromatic rings. The molecule has 0 aromatic heterocycles. The van der Waals surface area contributed by atoms with E-state index in [1.165, 1.54) is 5.56 Å². The highest BCUT2D eigenvalue weighted by Gasteiger charge is 2.14. The molecule has 2 nitrogen and oxygen atoms in total. The lowest BCUT2D eigenvalue weighted by atomic mass is 9.96. The number of aryl methyl sites for hydroxylation is 2. The Morgan fingerprint density at radius 3 is 2.38 bits per heavy atom. The third kappa shape index (κ3) is 3.69. The Kier molecular flexibility index (Phi) is 3.74. The van der Waals surface area contributed by atoms with Crippen molar-refractivity contribution in [2.75, 3.05) is 6.54 Å². The molecule has 88 valence electrons. The summed E-state index contributed by atoms with van der Waals surface area (Å²) in [6.45, 7) is 11.0. The quantitative estimate of drug-likeness (QED) is 0.813. The van der Waals surface area contributed by atoms with Gasteiger partial charge in [0.05, 0.1) is 0 Å². The molecular weight excluding hydrogens is 198 g/mol. The maximum Gasteiger partial charge on any atom is 0.251 e. The Morgan fingerprint density at radius 2 is 1.88 bits per heavy atom. The number of hydrogen-bond acceptors (Lipinski definition) is 1. The van der Waals surface area contributed by atoms with Gasteiger partial charge in [0.25, 0.3) is 5.91 Å². The Balaban J connectivity index is 2.74. The minimum Gasteiger partial charge on any atom is -0.352 e. The van der Waals surface area contributed by atoms with Crippen molar-refractivity contribution in [3.05, 3.63) is 34.9 Å². The van der Waals surface area contributed by atoms with Gasteiger partial charge >= 0.3 is 0 Å². The first-order valence-electron chi connectivity index (χ1n) is 5.65. The van der Waals surface area contributed by atoms with E-state index in [4.69, 9.17) is 0 Å². The summed E-state index contributed by atoms with van der Waals surface area (Å²) in [5.41, 5.74) is 3.11. The molecule has 0 spiro atoms. The predicted molar refractivity (Wildman–Crippen MR) is 67.7 cm³/mol. The molecular formula is C14H21NO. The van der Waals surface area contributed by atoms with Crippen LogP contribution in [0.5, 0.6) is 0 Å². The van der Waals surface area contributed by atoms with Gasteiger partial charge in [-0.2, -0.15) is 0 Å². The van der Waals surface area contributed by atoms with E-state index in [-0.39, 0.29) is 11.3 Å². The van der Waals surface area contributed by atoms with Crippen molar-refractivity contribution in [1.82, 2.24) is 5.32 Å². The summed E-state index contributed by atoms with van der Waals surface area (Å²) in [5.74, 6) is 0.0208. The predicted octanol–water partition coefficient (Wildman–Crippen LogP) is 3.08. The third-order valence-electron chi connectivity index (χ3n) is 2.41. The van der Waals surface area contributed by atoms with Gasteiger partial charge in [0.15, 0.2) is 0 Å². The van der Waals surface area contributed by atoms with Crippen LogP contribution in [0.15, 0.2) is 18.2 Å². The highest BCUT2D eigenvalue weighted by Crippen LogP contribution is 2.13. The molecule has 0 aliphatic heterocycles. The van der Waals surface area contributed by atoms with Gasteiger partial charge in [-0.3, -0.25) is 4.79 Å². The standard InChI is InChI=1S/C14H21NO/c1-10-6-7-12(11(2)8-10)13(16)15-9-14(3,4)5/h6-8H,9H2,1-5H3,(H,15,16). The van der Waals surface area contributed by atoms with Crippen LogP contribution in [0.25, 0.3) is 0 Å². The molecule has 0 radical (unpaired) electrons. The van der Waals surface area contributed by atoms with Gasteiger partial charge in [0, 0.05) is 12.1 Å². The minimum atomic E-state index is 0.0208. The molecule has 1 amide bonds. The summed E-state index contributed by atoms with van der Waals surface area (Å²) in [6, 6.07) is 5.90. The molecule has 1 N–H and O–H groups in total. The second-order valence-electron chi connectivity index (χ2n) is 5.56. The molecule has 0 aliphatic carbocycles. The number of rotatable bonds is 2. The fourth-order valence-corrected chi connectivity index (χ4v) is 1.51. The van der Waals surface area contributed by atoms with Crippen LogP contribution in [0.3, 0.4) is 0 Å². The average molecular weight is 219 g/mol. The van der Waals surface area contributed by atoms with Crippen LogP contribution in [0, 0.1) is 19.3 Å². The zero-order valence-corrected chi connectivity index (χ0v) is 10.8. The maximum atomic E-state index is 11.9. The topological polar surface area (TPSA) is 29.1 Å². The minimum absolute atomic E-state index is 0.0208. The summed E-state index contributed by atoms with van der Waals surface area (Å²) in [5, 5.41) is 2.96. The van der Waals surface area contributed by atoms with E-state index in [0.29, 0.717) is 6.54 Å². The molecule has 2 heteroatoms. The molecule has 0 unspecified atom stereocenters.